The fraction of sp³-hybridized carbons (Fsp3) is 0. The van der Waals surface area contributed by atoms with E-state index in [-0.39, 0.29) is 5.76 Å². The van der Waals surface area contributed by atoms with E-state index in [1.807, 2.05) is 0 Å². The van der Waals surface area contributed by atoms with Crippen LogP contribution in [0, 0.1) is 0 Å². The molecule has 35 valence electrons. The van der Waals surface area contributed by atoms with Gasteiger partial charge in [0.15, 0.2) is 5.76 Å². The van der Waals surface area contributed by atoms with Gasteiger partial charge in [0.2, 0.25) is 0 Å². The summed E-state index contributed by atoms with van der Waals surface area (Å²) >= 11 is 0. The predicted octanol–water partition coefficient (Wildman–Crippen LogP) is 0.737. The van der Waals surface area contributed by atoms with Gasteiger partial charge in [-0.15, -0.1) is 0 Å². The van der Waals surface area contributed by atoms with Crippen LogP contribution in [0.1, 0.15) is 5.76 Å². The fourth-order valence-corrected chi connectivity index (χ4v) is 0.337. The molecule has 0 aliphatic heterocycles. The van der Waals surface area contributed by atoms with Crippen LogP contribution in [-0.4, -0.2) is 6.29 Å². The summed E-state index contributed by atoms with van der Waals surface area (Å²) in [7, 11) is 0. The van der Waals surface area contributed by atoms with Crippen LogP contribution in [0.3, 0.4) is 0 Å². The van der Waals surface area contributed by atoms with Crippen LogP contribution in [0.5, 0.6) is 0 Å². The average Bonchev–Trinajstić information content (AvgIpc) is 2.14. The highest BCUT2D eigenvalue weighted by molar-refractivity contribution is 5.70. The highest BCUT2D eigenvalue weighted by Crippen LogP contribution is 1.92. The minimum Gasteiger partial charge on any atom is -0.461 e. The first kappa shape index (κ1) is 4.12. The Morgan fingerprint density at radius 1 is 1.71 bits per heavy atom. The molecule has 2 heteroatoms. The van der Waals surface area contributed by atoms with Crippen molar-refractivity contribution >= 4 is 6.29 Å². The maximum Gasteiger partial charge on any atom is 0.271 e. The Bertz CT molecular complexity index is 141. The number of hydrogen-bond donors (Lipinski definition) is 0. The van der Waals surface area contributed by atoms with Crippen LogP contribution >= 0.6 is 0 Å². The lowest BCUT2D eigenvalue weighted by Crippen LogP contribution is -1.66. The first-order valence-corrected chi connectivity index (χ1v) is 1.85. The van der Waals surface area contributed by atoms with Crippen molar-refractivity contribution in [3.8, 4) is 0 Å². The van der Waals surface area contributed by atoms with Gasteiger partial charge in [0.1, 0.15) is 0 Å². The monoisotopic (exact) mass is 95.0 g/mol. The first-order valence-electron chi connectivity index (χ1n) is 1.85. The van der Waals surface area contributed by atoms with Crippen molar-refractivity contribution in [3.05, 3.63) is 24.2 Å². The Morgan fingerprint density at radius 2 is 2.57 bits per heavy atom. The minimum absolute atomic E-state index is 0.250. The van der Waals surface area contributed by atoms with E-state index in [0.29, 0.717) is 0 Å². The lowest BCUT2D eigenvalue weighted by atomic mass is 10.5. The Morgan fingerprint density at radius 3 is 2.86 bits per heavy atom. The van der Waals surface area contributed by atoms with Gasteiger partial charge < -0.3 is 4.42 Å². The normalized spacial score (nSPS) is 8.57. The molecule has 0 bridgehead atoms. The molecule has 7 heavy (non-hydrogen) atoms. The van der Waals surface area contributed by atoms with Crippen LogP contribution in [-0.2, 0) is 4.79 Å². The predicted molar refractivity (Wildman–Crippen MR) is 23.5 cm³/mol. The number of rotatable bonds is 1. The SMILES string of the molecule is O=[C]c1ccco1. The summed E-state index contributed by atoms with van der Waals surface area (Å²) in [5, 5.41) is 0. The van der Waals surface area contributed by atoms with E-state index in [9.17, 15) is 4.79 Å². The fourth-order valence-electron chi connectivity index (χ4n) is 0.337. The molecule has 1 heterocycles. The molecule has 0 fully saturated rings. The molecule has 0 unspecified atom stereocenters. The molecule has 0 saturated carbocycles. The molecule has 1 rings (SSSR count). The molecule has 2 nitrogen and oxygen atoms in total. The zero-order valence-electron chi connectivity index (χ0n) is 3.55. The quantitative estimate of drug-likeness (QED) is 0.514. The van der Waals surface area contributed by atoms with Crippen molar-refractivity contribution < 1.29 is 9.21 Å². The van der Waals surface area contributed by atoms with Crippen LogP contribution in [0.2, 0.25) is 0 Å². The van der Waals surface area contributed by atoms with Crippen molar-refractivity contribution in [3.63, 3.8) is 0 Å². The number of hydrogen-bond acceptors (Lipinski definition) is 2. The zero-order valence-corrected chi connectivity index (χ0v) is 3.55. The van der Waals surface area contributed by atoms with Crippen LogP contribution in [0.15, 0.2) is 22.8 Å². The molecular weight excluding hydrogens is 92.1 g/mol. The van der Waals surface area contributed by atoms with E-state index in [1.165, 1.54) is 6.26 Å². The molecule has 1 aromatic rings. The van der Waals surface area contributed by atoms with E-state index in [1.54, 1.807) is 18.4 Å². The third-order valence-corrected chi connectivity index (χ3v) is 0.622. The van der Waals surface area contributed by atoms with Gasteiger partial charge in [-0.1, -0.05) is 0 Å². The Balaban J connectivity index is 2.96. The largest absolute Gasteiger partial charge is 0.461 e. The molecule has 0 spiro atoms. The van der Waals surface area contributed by atoms with Gasteiger partial charge in [-0.3, -0.25) is 4.79 Å². The third-order valence-electron chi connectivity index (χ3n) is 0.622. The summed E-state index contributed by atoms with van der Waals surface area (Å²) < 4.78 is 4.56. The zero-order chi connectivity index (χ0) is 5.11. The van der Waals surface area contributed by atoms with Crippen molar-refractivity contribution in [2.75, 3.05) is 0 Å². The second kappa shape index (κ2) is 1.60. The van der Waals surface area contributed by atoms with E-state index >= 15 is 0 Å². The summed E-state index contributed by atoms with van der Waals surface area (Å²) in [6.07, 6.45) is 3.02. The van der Waals surface area contributed by atoms with Crippen LogP contribution in [0.25, 0.3) is 0 Å². The standard InChI is InChI=1S/C5H3O2/c6-4-5-2-1-3-7-5/h1-3H. The van der Waals surface area contributed by atoms with Gasteiger partial charge in [-0.2, -0.15) is 0 Å². The lowest BCUT2D eigenvalue weighted by Gasteiger charge is -1.67. The molecule has 1 aromatic heterocycles. The number of furan rings is 1. The van der Waals surface area contributed by atoms with Crippen molar-refractivity contribution in [1.82, 2.24) is 0 Å². The summed E-state index contributed by atoms with van der Waals surface area (Å²) in [5.74, 6) is 0.250. The second-order valence-electron chi connectivity index (χ2n) is 1.08. The second-order valence-corrected chi connectivity index (χ2v) is 1.08. The van der Waals surface area contributed by atoms with Crippen molar-refractivity contribution in [1.29, 1.82) is 0 Å². The van der Waals surface area contributed by atoms with Gasteiger partial charge in [0.25, 0.3) is 6.29 Å². The average molecular weight is 95.1 g/mol. The van der Waals surface area contributed by atoms with E-state index in [2.05, 4.69) is 4.42 Å². The van der Waals surface area contributed by atoms with Gasteiger partial charge in [0, 0.05) is 0 Å². The van der Waals surface area contributed by atoms with E-state index in [0.717, 1.165) is 0 Å². The van der Waals surface area contributed by atoms with Crippen molar-refractivity contribution in [2.45, 2.75) is 0 Å². The molecule has 0 atom stereocenters. The highest BCUT2D eigenvalue weighted by atomic mass is 16.3. The summed E-state index contributed by atoms with van der Waals surface area (Å²) in [6.45, 7) is 0. The molecule has 0 aliphatic carbocycles. The molecule has 1 radical (unpaired) electrons. The Labute approximate surface area is 40.8 Å². The maximum atomic E-state index is 9.65. The first-order chi connectivity index (χ1) is 3.43. The smallest absolute Gasteiger partial charge is 0.271 e. The van der Waals surface area contributed by atoms with Gasteiger partial charge >= 0.3 is 0 Å². The van der Waals surface area contributed by atoms with Gasteiger partial charge in [-0.05, 0) is 12.1 Å². The molecule has 0 saturated heterocycles. The van der Waals surface area contributed by atoms with E-state index in [4.69, 9.17) is 0 Å². The highest BCUT2D eigenvalue weighted by Gasteiger charge is 1.86. The summed E-state index contributed by atoms with van der Waals surface area (Å²) in [6, 6.07) is 3.19. The lowest BCUT2D eigenvalue weighted by molar-refractivity contribution is 0.518. The molecular formula is C5H3O2. The van der Waals surface area contributed by atoms with Crippen LogP contribution < -0.4 is 0 Å². The van der Waals surface area contributed by atoms with Gasteiger partial charge in [0.05, 0.1) is 6.26 Å². The molecule has 0 N–H and O–H groups in total. The molecule has 0 amide bonds. The third kappa shape index (κ3) is 0.682. The van der Waals surface area contributed by atoms with Crippen molar-refractivity contribution in [2.24, 2.45) is 0 Å². The topological polar surface area (TPSA) is 30.2 Å². The molecule has 0 aliphatic rings. The van der Waals surface area contributed by atoms with Gasteiger partial charge in [-0.25, -0.2) is 0 Å². The summed E-state index contributed by atoms with van der Waals surface area (Å²) in [5.41, 5.74) is 0. The Hall–Kier alpha value is -1.05. The number of carbonyl (C=O) groups excluding carboxylic acids is 1. The molecule has 0 aromatic carbocycles. The van der Waals surface area contributed by atoms with Crippen LogP contribution in [0.4, 0.5) is 0 Å². The minimum atomic E-state index is 0.250. The Kier molecular flexibility index (Phi) is 0.941. The van der Waals surface area contributed by atoms with E-state index < -0.39 is 0 Å². The summed E-state index contributed by atoms with van der Waals surface area (Å²) in [4.78, 5) is 9.65. The maximum absolute atomic E-state index is 9.65.